The Morgan fingerprint density at radius 3 is 2.81 bits per heavy atom. The zero-order chi connectivity index (χ0) is 18.5. The number of rotatable bonds is 6. The normalized spacial score (nSPS) is 13.7. The van der Waals surface area contributed by atoms with Crippen LogP contribution in [0.15, 0.2) is 59.7 Å². The maximum atomic E-state index is 6.03. The van der Waals surface area contributed by atoms with E-state index in [4.69, 9.17) is 16.3 Å². The maximum absolute atomic E-state index is 6.03. The molecule has 0 unspecified atom stereocenters. The number of hydrogen-bond acceptors (Lipinski definition) is 5. The van der Waals surface area contributed by atoms with Crippen LogP contribution in [0.1, 0.15) is 12.0 Å². The van der Waals surface area contributed by atoms with Gasteiger partial charge in [0.25, 0.3) is 0 Å². The summed E-state index contributed by atoms with van der Waals surface area (Å²) in [4.78, 5) is 8.86. The molecule has 3 aromatic rings. The van der Waals surface area contributed by atoms with Gasteiger partial charge in [0.05, 0.1) is 5.52 Å². The third-order valence-electron chi connectivity index (χ3n) is 4.42. The summed E-state index contributed by atoms with van der Waals surface area (Å²) in [5.41, 5.74) is 3.00. The zero-order valence-corrected chi connectivity index (χ0v) is 15.7. The van der Waals surface area contributed by atoms with Gasteiger partial charge in [0.1, 0.15) is 18.2 Å². The first-order chi connectivity index (χ1) is 13.3. The fraction of sp³-hybridized carbons (Fsp3) is 0.238. The number of halogens is 1. The van der Waals surface area contributed by atoms with E-state index in [9.17, 15) is 0 Å². The molecular formula is C21H21ClN4O. The third kappa shape index (κ3) is 4.31. The Hall–Kier alpha value is -2.79. The Morgan fingerprint density at radius 2 is 2.00 bits per heavy atom. The molecule has 0 saturated carbocycles. The molecule has 0 spiro atoms. The molecule has 0 saturated heterocycles. The van der Waals surface area contributed by atoms with Gasteiger partial charge in [-0.05, 0) is 55.0 Å². The molecule has 138 valence electrons. The van der Waals surface area contributed by atoms with E-state index in [1.165, 1.54) is 0 Å². The van der Waals surface area contributed by atoms with Crippen molar-refractivity contribution in [3.63, 3.8) is 0 Å². The number of ether oxygens (including phenoxy) is 1. The van der Waals surface area contributed by atoms with Crippen LogP contribution in [0.25, 0.3) is 10.9 Å². The lowest BCUT2D eigenvalue weighted by Gasteiger charge is -2.15. The Balaban J connectivity index is 1.32. The summed E-state index contributed by atoms with van der Waals surface area (Å²) in [5, 5.41) is 8.47. The van der Waals surface area contributed by atoms with Gasteiger partial charge in [-0.25, -0.2) is 0 Å². The molecule has 5 nitrogen and oxygen atoms in total. The van der Waals surface area contributed by atoms with Crippen molar-refractivity contribution in [2.75, 3.05) is 31.6 Å². The Morgan fingerprint density at radius 1 is 1.11 bits per heavy atom. The molecule has 27 heavy (non-hydrogen) atoms. The molecule has 1 aliphatic heterocycles. The molecule has 4 rings (SSSR count). The molecule has 0 radical (unpaired) electrons. The summed E-state index contributed by atoms with van der Waals surface area (Å²) in [5.74, 6) is 1.82. The molecule has 0 atom stereocenters. The summed E-state index contributed by atoms with van der Waals surface area (Å²) >= 11 is 6.03. The number of nitrogens with zero attached hydrogens (tertiary/aromatic N) is 2. The zero-order valence-electron chi connectivity index (χ0n) is 14.9. The second-order valence-electron chi connectivity index (χ2n) is 6.33. The average molecular weight is 381 g/mol. The van der Waals surface area contributed by atoms with Gasteiger partial charge in [-0.2, -0.15) is 0 Å². The van der Waals surface area contributed by atoms with E-state index in [1.807, 2.05) is 48.5 Å². The summed E-state index contributed by atoms with van der Waals surface area (Å²) in [7, 11) is 0. The first-order valence-electron chi connectivity index (χ1n) is 9.09. The number of nitrogens with one attached hydrogen (secondary N) is 2. The van der Waals surface area contributed by atoms with E-state index < -0.39 is 0 Å². The molecule has 0 fully saturated rings. The molecule has 1 aromatic heterocycles. The fourth-order valence-corrected chi connectivity index (χ4v) is 3.23. The highest BCUT2D eigenvalue weighted by Gasteiger charge is 2.07. The first-order valence-corrected chi connectivity index (χ1v) is 9.47. The van der Waals surface area contributed by atoms with Crippen molar-refractivity contribution in [3.05, 3.63) is 65.3 Å². The topological polar surface area (TPSA) is 58.5 Å². The summed E-state index contributed by atoms with van der Waals surface area (Å²) in [6, 6.07) is 15.7. The number of pyridine rings is 1. The van der Waals surface area contributed by atoms with Gasteiger partial charge in [0.2, 0.25) is 0 Å². The fourth-order valence-electron chi connectivity index (χ4n) is 3.06. The van der Waals surface area contributed by atoms with Crippen molar-refractivity contribution < 1.29 is 4.74 Å². The number of hydrogen-bond donors (Lipinski definition) is 2. The van der Waals surface area contributed by atoms with E-state index in [0.717, 1.165) is 53.2 Å². The molecule has 0 bridgehead atoms. The number of fused-ring (bicyclic) bond motifs is 1. The van der Waals surface area contributed by atoms with Gasteiger partial charge >= 0.3 is 0 Å². The van der Waals surface area contributed by atoms with Crippen molar-refractivity contribution in [2.24, 2.45) is 4.99 Å². The van der Waals surface area contributed by atoms with Crippen molar-refractivity contribution in [2.45, 2.75) is 6.42 Å². The van der Waals surface area contributed by atoms with Gasteiger partial charge in [-0.3, -0.25) is 9.98 Å². The van der Waals surface area contributed by atoms with Gasteiger partial charge in [-0.15, -0.1) is 0 Å². The number of aliphatic imine (C=N–C) groups is 1. The number of aromatic nitrogens is 1. The number of benzene rings is 2. The first kappa shape index (κ1) is 17.6. The Bertz CT molecular complexity index is 956. The Kier molecular flexibility index (Phi) is 5.39. The van der Waals surface area contributed by atoms with Gasteiger partial charge < -0.3 is 15.4 Å². The van der Waals surface area contributed by atoms with Crippen LogP contribution < -0.4 is 15.4 Å². The lowest BCUT2D eigenvalue weighted by atomic mass is 10.2. The standard InChI is InChI=1S/C21H21ClN4O/c22-16-4-7-18-19(8-11-23-20(18)14-16)24-12-13-27-17-5-2-15(3-6-17)21-25-9-1-10-26-21/h2-8,11,14H,1,9-10,12-13H2,(H,23,24)(H,25,26). The monoisotopic (exact) mass is 380 g/mol. The molecule has 1 aliphatic rings. The maximum Gasteiger partial charge on any atom is 0.128 e. The van der Waals surface area contributed by atoms with Crippen LogP contribution in [0.5, 0.6) is 5.75 Å². The highest BCUT2D eigenvalue weighted by atomic mass is 35.5. The van der Waals surface area contributed by atoms with Crippen molar-refractivity contribution in [1.29, 1.82) is 0 Å². The molecule has 0 aliphatic carbocycles. The van der Waals surface area contributed by atoms with Crippen LogP contribution in [-0.2, 0) is 0 Å². The van der Waals surface area contributed by atoms with E-state index >= 15 is 0 Å². The molecular weight excluding hydrogens is 360 g/mol. The minimum Gasteiger partial charge on any atom is -0.492 e. The molecule has 0 amide bonds. The van der Waals surface area contributed by atoms with Crippen LogP contribution in [0, 0.1) is 0 Å². The van der Waals surface area contributed by atoms with E-state index in [-0.39, 0.29) is 0 Å². The smallest absolute Gasteiger partial charge is 0.128 e. The quantitative estimate of drug-likeness (QED) is 0.631. The predicted molar refractivity (Wildman–Crippen MR) is 111 cm³/mol. The van der Waals surface area contributed by atoms with Crippen LogP contribution in [-0.4, -0.2) is 37.1 Å². The highest BCUT2D eigenvalue weighted by Crippen LogP contribution is 2.24. The van der Waals surface area contributed by atoms with E-state index in [2.05, 4.69) is 20.6 Å². The van der Waals surface area contributed by atoms with Gasteiger partial charge in [0.15, 0.2) is 0 Å². The molecule has 2 heterocycles. The van der Waals surface area contributed by atoms with Crippen LogP contribution in [0.2, 0.25) is 5.02 Å². The lowest BCUT2D eigenvalue weighted by Crippen LogP contribution is -2.30. The van der Waals surface area contributed by atoms with Crippen molar-refractivity contribution in [3.8, 4) is 5.75 Å². The van der Waals surface area contributed by atoms with Crippen molar-refractivity contribution in [1.82, 2.24) is 10.3 Å². The highest BCUT2D eigenvalue weighted by molar-refractivity contribution is 6.31. The second kappa shape index (κ2) is 8.27. The van der Waals surface area contributed by atoms with Crippen LogP contribution >= 0.6 is 11.6 Å². The van der Waals surface area contributed by atoms with Crippen LogP contribution in [0.4, 0.5) is 5.69 Å². The Labute approximate surface area is 163 Å². The largest absolute Gasteiger partial charge is 0.492 e. The van der Waals surface area contributed by atoms with Gasteiger partial charge in [0, 0.05) is 47.5 Å². The third-order valence-corrected chi connectivity index (χ3v) is 4.65. The summed E-state index contributed by atoms with van der Waals surface area (Å²) in [6.07, 6.45) is 2.88. The lowest BCUT2D eigenvalue weighted by molar-refractivity contribution is 0.333. The van der Waals surface area contributed by atoms with Crippen LogP contribution in [0.3, 0.4) is 0 Å². The number of amidine groups is 1. The van der Waals surface area contributed by atoms with Crippen molar-refractivity contribution >= 4 is 34.0 Å². The SMILES string of the molecule is Clc1ccc2c(NCCOc3ccc(C4=NCCCN4)cc3)ccnc2c1. The predicted octanol–water partition coefficient (Wildman–Crippen LogP) is 4.12. The average Bonchev–Trinajstić information content (AvgIpc) is 2.72. The minimum absolute atomic E-state index is 0.565. The summed E-state index contributed by atoms with van der Waals surface area (Å²) in [6.45, 7) is 3.13. The number of anilines is 1. The summed E-state index contributed by atoms with van der Waals surface area (Å²) < 4.78 is 5.84. The molecule has 2 aromatic carbocycles. The molecule has 2 N–H and O–H groups in total. The van der Waals surface area contributed by atoms with E-state index in [1.54, 1.807) is 6.20 Å². The second-order valence-corrected chi connectivity index (χ2v) is 6.77. The van der Waals surface area contributed by atoms with E-state index in [0.29, 0.717) is 18.2 Å². The minimum atomic E-state index is 0.565. The van der Waals surface area contributed by atoms with Gasteiger partial charge in [-0.1, -0.05) is 11.6 Å². The molecule has 6 heteroatoms.